The van der Waals surface area contributed by atoms with Gasteiger partial charge in [-0.05, 0) is 131 Å². The second-order valence-electron chi connectivity index (χ2n) is 20.4. The highest BCUT2D eigenvalue weighted by Gasteiger charge is 2.51. The normalized spacial score (nSPS) is 18.4. The molecule has 0 spiro atoms. The molecule has 0 saturated carbocycles. The molecule has 2 saturated heterocycles. The first kappa shape index (κ1) is 56.3. The summed E-state index contributed by atoms with van der Waals surface area (Å²) in [7, 11) is 0. The van der Waals surface area contributed by atoms with Crippen LogP contribution in [0.15, 0.2) is 90.4 Å². The van der Waals surface area contributed by atoms with Crippen LogP contribution in [0.2, 0.25) is 0 Å². The number of fused-ring (bicyclic) bond motifs is 1. The second kappa shape index (κ2) is 23.4. The van der Waals surface area contributed by atoms with Gasteiger partial charge in [-0.1, -0.05) is 51.1 Å². The van der Waals surface area contributed by atoms with Crippen LogP contribution in [0, 0.1) is 30.1 Å². The molecule has 3 aliphatic heterocycles. The first-order chi connectivity index (χ1) is 36.6. The molecule has 5 atom stereocenters. The number of carbonyl (C=O) groups is 4. The van der Waals surface area contributed by atoms with Crippen molar-refractivity contribution < 1.29 is 51.3 Å². The Balaban J connectivity index is 0.822. The fourth-order valence-electron chi connectivity index (χ4n) is 10.0. The van der Waals surface area contributed by atoms with Crippen molar-refractivity contribution in [3.63, 3.8) is 0 Å². The Labute approximate surface area is 455 Å². The van der Waals surface area contributed by atoms with Crippen LogP contribution in [0.4, 0.5) is 24.5 Å². The summed E-state index contributed by atoms with van der Waals surface area (Å²) >= 11 is 7.18. The number of rotatable bonds is 20. The smallest absolute Gasteiger partial charge is 0.417 e. The molecular weight excluding hydrogens is 1030 g/mol. The molecule has 4 aromatic carbocycles. The van der Waals surface area contributed by atoms with Crippen LogP contribution >= 0.6 is 23.6 Å². The van der Waals surface area contributed by atoms with E-state index in [1.54, 1.807) is 70.5 Å². The monoisotopic (exact) mass is 1090 g/mol. The van der Waals surface area contributed by atoms with Crippen LogP contribution in [0.25, 0.3) is 10.4 Å². The highest BCUT2D eigenvalue weighted by Crippen LogP contribution is 2.41. The van der Waals surface area contributed by atoms with Crippen molar-refractivity contribution in [1.82, 2.24) is 20.1 Å². The number of halogens is 3. The number of alkyl halides is 3. The summed E-state index contributed by atoms with van der Waals surface area (Å²) in [5.41, 5.74) is 3.28. The zero-order chi connectivity index (χ0) is 55.5. The maximum atomic E-state index is 14.4. The van der Waals surface area contributed by atoms with Crippen molar-refractivity contribution in [3.05, 3.63) is 124 Å². The number of ether oxygens (including phenoxy) is 4. The predicted molar refractivity (Wildman–Crippen MR) is 289 cm³/mol. The lowest BCUT2D eigenvalue weighted by atomic mass is 10.00. The third kappa shape index (κ3) is 12.0. The fraction of sp³-hybridized carbons (Fsp3) is 0.421. The lowest BCUT2D eigenvalue weighted by Crippen LogP contribution is -2.55. The molecule has 77 heavy (non-hydrogen) atoms. The van der Waals surface area contributed by atoms with Crippen LogP contribution in [0.1, 0.15) is 93.2 Å². The van der Waals surface area contributed by atoms with E-state index in [1.807, 2.05) is 77.9 Å². The molecule has 1 N–H and O–H groups in total. The molecule has 3 aliphatic rings. The van der Waals surface area contributed by atoms with Crippen molar-refractivity contribution in [2.45, 2.75) is 111 Å². The molecule has 0 radical (unpaired) electrons. The number of benzene rings is 4. The fourth-order valence-corrected chi connectivity index (χ4v) is 11.4. The van der Waals surface area contributed by atoms with Crippen LogP contribution in [0.5, 0.6) is 11.5 Å². The van der Waals surface area contributed by atoms with E-state index in [2.05, 4.69) is 10.3 Å². The van der Waals surface area contributed by atoms with Gasteiger partial charge in [0, 0.05) is 36.4 Å². The van der Waals surface area contributed by atoms with Gasteiger partial charge in [0.05, 0.1) is 64.4 Å². The number of thiocarbonyl (C=S) groups is 1. The van der Waals surface area contributed by atoms with E-state index in [0.717, 1.165) is 44.3 Å². The minimum absolute atomic E-state index is 0.0159. The van der Waals surface area contributed by atoms with Gasteiger partial charge in [-0.2, -0.15) is 18.4 Å². The number of aromatic nitrogens is 1. The summed E-state index contributed by atoms with van der Waals surface area (Å²) in [6, 6.07) is 23.2. The molecule has 0 unspecified atom stereocenters. The molecule has 1 aromatic heterocycles. The topological polar surface area (TPSA) is 167 Å². The largest absolute Gasteiger partial charge is 0.491 e. The molecule has 0 aliphatic carbocycles. The molecule has 406 valence electrons. The first-order valence-corrected chi connectivity index (χ1v) is 26.8. The summed E-state index contributed by atoms with van der Waals surface area (Å²) in [4.78, 5) is 67.0. The molecular formula is C57H62F3N7O8S2. The Bertz CT molecular complexity index is 3070. The van der Waals surface area contributed by atoms with Crippen molar-refractivity contribution in [2.75, 3.05) is 42.8 Å². The van der Waals surface area contributed by atoms with E-state index >= 15 is 0 Å². The lowest BCUT2D eigenvalue weighted by Gasteiger charge is -2.35. The Morgan fingerprint density at radius 1 is 0.922 bits per heavy atom. The van der Waals surface area contributed by atoms with Crippen LogP contribution in [-0.2, 0) is 43.1 Å². The third-order valence-electron chi connectivity index (χ3n) is 14.3. The highest BCUT2D eigenvalue weighted by molar-refractivity contribution is 7.81. The van der Waals surface area contributed by atoms with Gasteiger partial charge in [-0.25, -0.2) is 4.98 Å². The quantitative estimate of drug-likeness (QED) is 0.0580. The molecule has 0 bridgehead atoms. The van der Waals surface area contributed by atoms with Gasteiger partial charge >= 0.3 is 6.18 Å². The van der Waals surface area contributed by atoms with Crippen LogP contribution in [0.3, 0.4) is 0 Å². The number of nitriles is 1. The van der Waals surface area contributed by atoms with Gasteiger partial charge in [-0.3, -0.25) is 24.1 Å². The average molecular weight is 1090 g/mol. The number of anilines is 2. The first-order valence-electron chi connectivity index (χ1n) is 25.5. The lowest BCUT2D eigenvalue weighted by molar-refractivity contribution is -0.143. The SMILES string of the molecule is Cc1ncsc1-c1ccc(CNC(=O)[C@@H]2C[C@@H](C)CN2C(=O)[C@H](C(C)C)N2Cc3ccccc3C2=O)c(OCCO[C@H](C)[C@@H](C)OCCOc2ccc(N3C(=S)N(c4ccc(C#N)c(C(F)(F)F)c4)C(=O)C3(C)C)cc2)c1. The number of aryl methyl sites for hydroxylation is 1. The van der Waals surface area contributed by atoms with E-state index in [0.29, 0.717) is 42.3 Å². The molecule has 8 rings (SSSR count). The van der Waals surface area contributed by atoms with Crippen molar-refractivity contribution in [3.8, 4) is 28.0 Å². The van der Waals surface area contributed by atoms with Gasteiger partial charge in [0.2, 0.25) is 11.8 Å². The molecule has 20 heteroatoms. The van der Waals surface area contributed by atoms with E-state index in [9.17, 15) is 37.6 Å². The Morgan fingerprint density at radius 3 is 2.23 bits per heavy atom. The number of amides is 4. The van der Waals surface area contributed by atoms with Gasteiger partial charge in [0.15, 0.2) is 5.11 Å². The second-order valence-corrected chi connectivity index (χ2v) is 21.7. The summed E-state index contributed by atoms with van der Waals surface area (Å²) in [6.45, 7) is 16.6. The molecule has 2 fully saturated rings. The molecule has 15 nitrogen and oxygen atoms in total. The van der Waals surface area contributed by atoms with Crippen LogP contribution < -0.4 is 24.6 Å². The third-order valence-corrected chi connectivity index (χ3v) is 15.6. The Morgan fingerprint density at radius 2 is 1.60 bits per heavy atom. The Hall–Kier alpha value is -6.92. The van der Waals surface area contributed by atoms with Gasteiger partial charge < -0.3 is 39.0 Å². The van der Waals surface area contributed by atoms with Gasteiger partial charge in [-0.15, -0.1) is 11.3 Å². The molecule has 4 heterocycles. The summed E-state index contributed by atoms with van der Waals surface area (Å²) in [6.07, 6.45) is -4.96. The Kier molecular flexibility index (Phi) is 17.1. The predicted octanol–water partition coefficient (Wildman–Crippen LogP) is 9.73. The summed E-state index contributed by atoms with van der Waals surface area (Å²) < 4.78 is 65.9. The highest BCUT2D eigenvalue weighted by atomic mass is 32.1. The van der Waals surface area contributed by atoms with Gasteiger partial charge in [0.1, 0.15) is 42.3 Å². The molecule has 5 aromatic rings. The van der Waals surface area contributed by atoms with E-state index < -0.39 is 40.8 Å². The van der Waals surface area contributed by atoms with E-state index in [-0.39, 0.29) is 85.5 Å². The average Bonchev–Trinajstić information content (AvgIpc) is 4.20. The number of hydrogen-bond donors (Lipinski definition) is 1. The van der Waals surface area contributed by atoms with Crippen LogP contribution in [-0.4, -0.2) is 106 Å². The number of nitrogens with zero attached hydrogens (tertiary/aromatic N) is 6. The van der Waals surface area contributed by atoms with Crippen molar-refractivity contribution >= 4 is 63.7 Å². The number of hydrogen-bond acceptors (Lipinski definition) is 12. The number of carbonyl (C=O) groups excluding carboxylic acids is 4. The summed E-state index contributed by atoms with van der Waals surface area (Å²) in [5, 5.41) is 12.3. The van der Waals surface area contributed by atoms with E-state index in [4.69, 9.17) is 31.2 Å². The van der Waals surface area contributed by atoms with Crippen molar-refractivity contribution in [1.29, 1.82) is 5.26 Å². The zero-order valence-electron chi connectivity index (χ0n) is 44.2. The van der Waals surface area contributed by atoms with Crippen molar-refractivity contribution in [2.24, 2.45) is 11.8 Å². The minimum atomic E-state index is -4.81. The summed E-state index contributed by atoms with van der Waals surface area (Å²) in [5.74, 6) is -0.226. The number of thiazole rings is 1. The maximum Gasteiger partial charge on any atom is 0.417 e. The number of likely N-dealkylation sites (tertiary alicyclic amines) is 1. The zero-order valence-corrected chi connectivity index (χ0v) is 45.8. The van der Waals surface area contributed by atoms with Gasteiger partial charge in [0.25, 0.3) is 11.8 Å². The van der Waals surface area contributed by atoms with E-state index in [1.165, 1.54) is 17.4 Å². The standard InChI is InChI=1S/C57H62F3N7O8S2/c1-33(2)49(65-31-41-11-9-10-12-45(41)52(65)69)53(70)64-30-34(3)25-47(64)51(68)62-29-40-14-13-38(50-35(4)63-32-77-50)26-48(40)75-24-22-73-37(6)36(5)72-21-23-74-44-19-17-42(18-20-44)67-55(76)66(54(71)56(67,7)8)43-16-15-39(28-61)46(27-43)57(58,59)60/h9-20,26-27,32-34,36-37,47,49H,21-25,29-31H2,1-8H3,(H,62,68)/t34-,36-,37-,47+,49+/m1/s1. The minimum Gasteiger partial charge on any atom is -0.491 e. The molecule has 4 amide bonds. The maximum absolute atomic E-state index is 14.4. The number of nitrogens with one attached hydrogen (secondary N) is 1.